The molecule has 14 heavy (non-hydrogen) atoms. The number of hydrogen-bond acceptors (Lipinski definition) is 3. The molecule has 3 nitrogen and oxygen atoms in total. The highest BCUT2D eigenvalue weighted by Crippen LogP contribution is 2.11. The van der Waals surface area contributed by atoms with Gasteiger partial charge in [-0.2, -0.15) is 0 Å². The minimum atomic E-state index is -0.193. The zero-order valence-corrected chi connectivity index (χ0v) is 9.98. The molecular weight excluding hydrogens is 295 g/mol. The number of esters is 1. The van der Waals surface area contributed by atoms with E-state index >= 15 is 0 Å². The van der Waals surface area contributed by atoms with E-state index in [1.165, 1.54) is 0 Å². The van der Waals surface area contributed by atoms with Crippen molar-refractivity contribution in [1.29, 1.82) is 0 Å². The van der Waals surface area contributed by atoms with Gasteiger partial charge in [-0.1, -0.05) is 34.7 Å². The highest BCUT2D eigenvalue weighted by atomic mass is 127. The topological polar surface area (TPSA) is 35.5 Å². The largest absolute Gasteiger partial charge is 0.497 e. The van der Waals surface area contributed by atoms with E-state index < -0.39 is 0 Å². The second kappa shape index (κ2) is 5.85. The lowest BCUT2D eigenvalue weighted by Crippen LogP contribution is -2.04. The predicted octanol–water partition coefficient (Wildman–Crippen LogP) is 2.17. The number of alkyl halides is 1. The van der Waals surface area contributed by atoms with Crippen LogP contribution in [0.2, 0.25) is 0 Å². The molecule has 1 aromatic rings. The Balaban J connectivity index is 2.47. The van der Waals surface area contributed by atoms with Crippen molar-refractivity contribution >= 4 is 28.6 Å². The summed E-state index contributed by atoms with van der Waals surface area (Å²) in [4.78, 5) is 10.9. The second-order valence-electron chi connectivity index (χ2n) is 2.64. The van der Waals surface area contributed by atoms with Gasteiger partial charge in [-0.3, -0.25) is 4.79 Å². The Hall–Kier alpha value is -0.780. The van der Waals surface area contributed by atoms with Crippen molar-refractivity contribution in [3.63, 3.8) is 0 Å². The molecule has 0 saturated carbocycles. The molecule has 0 unspecified atom stereocenters. The molecule has 0 spiro atoms. The van der Waals surface area contributed by atoms with Crippen LogP contribution >= 0.6 is 22.6 Å². The first kappa shape index (κ1) is 11.3. The first-order chi connectivity index (χ1) is 6.76. The van der Waals surface area contributed by atoms with E-state index in [-0.39, 0.29) is 5.97 Å². The molecule has 0 fully saturated rings. The molecule has 0 aliphatic heterocycles. The van der Waals surface area contributed by atoms with Crippen molar-refractivity contribution in [2.24, 2.45) is 0 Å². The number of halogens is 1. The van der Waals surface area contributed by atoms with Gasteiger partial charge >= 0.3 is 5.97 Å². The smallest absolute Gasteiger partial charge is 0.316 e. The number of hydrogen-bond donors (Lipinski definition) is 0. The Labute approximate surface area is 96.5 Å². The minimum absolute atomic E-state index is 0.193. The quantitative estimate of drug-likeness (QED) is 0.486. The normalized spacial score (nSPS) is 9.57. The number of ether oxygens (including phenoxy) is 2. The van der Waals surface area contributed by atoms with Gasteiger partial charge in [0, 0.05) is 0 Å². The van der Waals surface area contributed by atoms with Crippen LogP contribution in [0, 0.1) is 0 Å². The van der Waals surface area contributed by atoms with Crippen molar-refractivity contribution in [2.75, 3.05) is 11.5 Å². The van der Waals surface area contributed by atoms with Crippen LogP contribution in [0.4, 0.5) is 0 Å². The molecule has 0 aromatic heterocycles. The van der Waals surface area contributed by atoms with E-state index in [1.54, 1.807) is 7.11 Å². The first-order valence-electron chi connectivity index (χ1n) is 4.11. The Morgan fingerprint density at radius 2 is 2.00 bits per heavy atom. The number of carbonyl (C=O) groups excluding carboxylic acids is 1. The molecule has 1 rings (SSSR count). The van der Waals surface area contributed by atoms with E-state index in [0.717, 1.165) is 11.3 Å². The average Bonchev–Trinajstić information content (AvgIpc) is 2.26. The van der Waals surface area contributed by atoms with Gasteiger partial charge in [0.1, 0.15) is 12.4 Å². The fourth-order valence-corrected chi connectivity index (χ4v) is 1.14. The lowest BCUT2D eigenvalue weighted by atomic mass is 10.2. The van der Waals surface area contributed by atoms with Crippen molar-refractivity contribution in [2.45, 2.75) is 6.61 Å². The van der Waals surface area contributed by atoms with Crippen LogP contribution in [-0.2, 0) is 16.1 Å². The monoisotopic (exact) mass is 306 g/mol. The van der Waals surface area contributed by atoms with Gasteiger partial charge in [-0.05, 0) is 17.7 Å². The van der Waals surface area contributed by atoms with Gasteiger partial charge in [0.15, 0.2) is 0 Å². The molecule has 4 heteroatoms. The van der Waals surface area contributed by atoms with Gasteiger partial charge in [0.2, 0.25) is 0 Å². The average molecular weight is 306 g/mol. The predicted molar refractivity (Wildman–Crippen MR) is 61.7 cm³/mol. The highest BCUT2D eigenvalue weighted by molar-refractivity contribution is 14.1. The molecular formula is C10H11IO3. The van der Waals surface area contributed by atoms with Gasteiger partial charge in [0.25, 0.3) is 0 Å². The maximum atomic E-state index is 10.9. The zero-order chi connectivity index (χ0) is 10.4. The standard InChI is InChI=1S/C10H11IO3/c1-13-9-4-2-8(3-5-9)7-14-10(12)6-11/h2-5H,6-7H2,1H3. The minimum Gasteiger partial charge on any atom is -0.497 e. The van der Waals surface area contributed by atoms with E-state index in [1.807, 2.05) is 46.9 Å². The zero-order valence-electron chi connectivity index (χ0n) is 7.83. The van der Waals surface area contributed by atoms with E-state index in [9.17, 15) is 4.79 Å². The lowest BCUT2D eigenvalue weighted by molar-refractivity contribution is -0.141. The molecule has 0 atom stereocenters. The van der Waals surface area contributed by atoms with Crippen LogP contribution in [-0.4, -0.2) is 17.5 Å². The van der Waals surface area contributed by atoms with Crippen LogP contribution in [0.5, 0.6) is 5.75 Å². The third-order valence-corrected chi connectivity index (χ3v) is 2.29. The summed E-state index contributed by atoms with van der Waals surface area (Å²) >= 11 is 1.97. The highest BCUT2D eigenvalue weighted by Gasteiger charge is 2.00. The van der Waals surface area contributed by atoms with Crippen molar-refractivity contribution < 1.29 is 14.3 Å². The summed E-state index contributed by atoms with van der Waals surface area (Å²) in [7, 11) is 1.62. The molecule has 0 bridgehead atoms. The van der Waals surface area contributed by atoms with E-state index in [0.29, 0.717) is 11.0 Å². The second-order valence-corrected chi connectivity index (χ2v) is 3.41. The Morgan fingerprint density at radius 1 is 1.36 bits per heavy atom. The molecule has 0 radical (unpaired) electrons. The van der Waals surface area contributed by atoms with Gasteiger partial charge in [-0.25, -0.2) is 0 Å². The lowest BCUT2D eigenvalue weighted by Gasteiger charge is -2.04. The maximum Gasteiger partial charge on any atom is 0.316 e. The molecule has 0 aliphatic rings. The van der Waals surface area contributed by atoms with Gasteiger partial charge in [-0.15, -0.1) is 0 Å². The first-order valence-corrected chi connectivity index (χ1v) is 5.63. The SMILES string of the molecule is COc1ccc(COC(=O)CI)cc1. The summed E-state index contributed by atoms with van der Waals surface area (Å²) in [6.07, 6.45) is 0. The summed E-state index contributed by atoms with van der Waals surface area (Å²) < 4.78 is 10.4. The van der Waals surface area contributed by atoms with E-state index in [2.05, 4.69) is 0 Å². The Kier molecular flexibility index (Phi) is 4.72. The fourth-order valence-electron chi connectivity index (χ4n) is 0.924. The van der Waals surface area contributed by atoms with Gasteiger partial charge in [0.05, 0.1) is 11.5 Å². The van der Waals surface area contributed by atoms with Crippen molar-refractivity contribution in [3.05, 3.63) is 29.8 Å². The summed E-state index contributed by atoms with van der Waals surface area (Å²) in [6.45, 7) is 0.325. The number of carbonyl (C=O) groups is 1. The van der Waals surface area contributed by atoms with Crippen LogP contribution in [0.25, 0.3) is 0 Å². The summed E-state index contributed by atoms with van der Waals surface area (Å²) in [5.41, 5.74) is 0.962. The summed E-state index contributed by atoms with van der Waals surface area (Å²) in [5.74, 6) is 0.607. The third kappa shape index (κ3) is 3.53. The molecule has 0 heterocycles. The van der Waals surface area contributed by atoms with Crippen LogP contribution in [0.3, 0.4) is 0 Å². The van der Waals surface area contributed by atoms with Crippen molar-refractivity contribution in [1.82, 2.24) is 0 Å². The molecule has 76 valence electrons. The molecule has 0 N–H and O–H groups in total. The molecule has 1 aromatic carbocycles. The molecule has 0 amide bonds. The maximum absolute atomic E-state index is 10.9. The summed E-state index contributed by atoms with van der Waals surface area (Å²) in [5, 5.41) is 0. The van der Waals surface area contributed by atoms with Crippen LogP contribution in [0.1, 0.15) is 5.56 Å². The van der Waals surface area contributed by atoms with Crippen LogP contribution in [0.15, 0.2) is 24.3 Å². The van der Waals surface area contributed by atoms with Crippen LogP contribution < -0.4 is 4.74 Å². The van der Waals surface area contributed by atoms with Crippen molar-refractivity contribution in [3.8, 4) is 5.75 Å². The third-order valence-electron chi connectivity index (χ3n) is 1.67. The Bertz CT molecular complexity index is 295. The number of methoxy groups -OCH3 is 1. The van der Waals surface area contributed by atoms with Gasteiger partial charge < -0.3 is 9.47 Å². The Morgan fingerprint density at radius 3 is 2.50 bits per heavy atom. The number of benzene rings is 1. The fraction of sp³-hybridized carbons (Fsp3) is 0.300. The summed E-state index contributed by atoms with van der Waals surface area (Å²) in [6, 6.07) is 7.43. The number of rotatable bonds is 4. The molecule has 0 aliphatic carbocycles. The molecule has 0 saturated heterocycles. The van der Waals surface area contributed by atoms with E-state index in [4.69, 9.17) is 9.47 Å².